The first-order valence-electron chi connectivity index (χ1n) is 5.90. The van der Waals surface area contributed by atoms with Crippen molar-refractivity contribution in [1.29, 1.82) is 0 Å². The van der Waals surface area contributed by atoms with Crippen molar-refractivity contribution in [1.82, 2.24) is 5.32 Å². The van der Waals surface area contributed by atoms with Crippen LogP contribution in [0, 0.1) is 5.92 Å². The van der Waals surface area contributed by atoms with Crippen LogP contribution in [0.5, 0.6) is 5.75 Å². The molecule has 2 rings (SSSR count). The van der Waals surface area contributed by atoms with Gasteiger partial charge in [-0.05, 0) is 43.0 Å². The molecule has 0 unspecified atom stereocenters. The maximum atomic E-state index is 9.17. The molecule has 0 radical (unpaired) electrons. The zero-order valence-corrected chi connectivity index (χ0v) is 10.7. The molecule has 0 aromatic heterocycles. The molecule has 17 heavy (non-hydrogen) atoms. The number of benzene rings is 1. The molecule has 1 fully saturated rings. The monoisotopic (exact) mass is 255 g/mol. The van der Waals surface area contributed by atoms with Crippen LogP contribution in [0.15, 0.2) is 18.2 Å². The highest BCUT2D eigenvalue weighted by Gasteiger charge is 2.26. The Balaban J connectivity index is 1.77. The van der Waals surface area contributed by atoms with E-state index in [-0.39, 0.29) is 6.10 Å². The van der Waals surface area contributed by atoms with E-state index < -0.39 is 0 Å². The number of hydrogen-bond acceptors (Lipinski definition) is 3. The lowest BCUT2D eigenvalue weighted by atomic mass is 9.82. The molecule has 1 aromatic carbocycles. The van der Waals surface area contributed by atoms with Gasteiger partial charge in [-0.3, -0.25) is 0 Å². The molecule has 0 amide bonds. The molecule has 2 N–H and O–H groups in total. The Kier molecular flexibility index (Phi) is 4.26. The number of aliphatic hydroxyl groups is 1. The van der Waals surface area contributed by atoms with E-state index in [9.17, 15) is 0 Å². The maximum Gasteiger partial charge on any atom is 0.137 e. The Morgan fingerprint density at radius 2 is 2.24 bits per heavy atom. The predicted octanol–water partition coefficient (Wildman–Crippen LogP) is 2.21. The smallest absolute Gasteiger partial charge is 0.137 e. The van der Waals surface area contributed by atoms with E-state index in [4.69, 9.17) is 21.4 Å². The number of methoxy groups -OCH3 is 1. The zero-order chi connectivity index (χ0) is 12.3. The average Bonchev–Trinajstić information content (AvgIpc) is 2.27. The third-order valence-corrected chi connectivity index (χ3v) is 3.48. The van der Waals surface area contributed by atoms with Gasteiger partial charge in [0.1, 0.15) is 5.75 Å². The van der Waals surface area contributed by atoms with Crippen molar-refractivity contribution in [2.75, 3.05) is 13.7 Å². The van der Waals surface area contributed by atoms with Gasteiger partial charge in [-0.2, -0.15) is 0 Å². The standard InChI is InChI=1S/C13H18ClNO2/c1-17-13-3-2-9(6-12(13)14)7-15-8-10-4-11(16)5-10/h2-3,6,10-11,15-16H,4-5,7-8H2,1H3. The van der Waals surface area contributed by atoms with Gasteiger partial charge < -0.3 is 15.2 Å². The van der Waals surface area contributed by atoms with Gasteiger partial charge in [0, 0.05) is 6.54 Å². The normalized spacial score (nSPS) is 23.2. The molecule has 0 heterocycles. The number of ether oxygens (including phenoxy) is 1. The van der Waals surface area contributed by atoms with Gasteiger partial charge in [0.15, 0.2) is 0 Å². The minimum atomic E-state index is -0.0720. The summed E-state index contributed by atoms with van der Waals surface area (Å²) in [6, 6.07) is 5.81. The summed E-state index contributed by atoms with van der Waals surface area (Å²) >= 11 is 6.04. The van der Waals surface area contributed by atoms with Crippen LogP contribution in [0.25, 0.3) is 0 Å². The van der Waals surface area contributed by atoms with Crippen LogP contribution in [0.1, 0.15) is 18.4 Å². The Bertz CT molecular complexity index is 378. The molecule has 4 heteroatoms. The van der Waals surface area contributed by atoms with Crippen molar-refractivity contribution in [3.05, 3.63) is 28.8 Å². The van der Waals surface area contributed by atoms with Crippen molar-refractivity contribution in [3.8, 4) is 5.75 Å². The van der Waals surface area contributed by atoms with Crippen LogP contribution in [-0.4, -0.2) is 24.9 Å². The fourth-order valence-electron chi connectivity index (χ4n) is 2.11. The lowest BCUT2D eigenvalue weighted by molar-refractivity contribution is 0.0430. The summed E-state index contributed by atoms with van der Waals surface area (Å²) in [6.45, 7) is 1.76. The third-order valence-electron chi connectivity index (χ3n) is 3.19. The summed E-state index contributed by atoms with van der Waals surface area (Å²) in [6.07, 6.45) is 1.78. The molecule has 3 nitrogen and oxygen atoms in total. The SMILES string of the molecule is COc1ccc(CNCC2CC(O)C2)cc1Cl. The van der Waals surface area contributed by atoms with E-state index in [0.29, 0.717) is 16.7 Å². The third kappa shape index (κ3) is 3.35. The fourth-order valence-corrected chi connectivity index (χ4v) is 2.39. The summed E-state index contributed by atoms with van der Waals surface area (Å²) in [4.78, 5) is 0. The molecule has 0 saturated heterocycles. The highest BCUT2D eigenvalue weighted by molar-refractivity contribution is 6.32. The second kappa shape index (κ2) is 5.71. The van der Waals surface area contributed by atoms with Gasteiger partial charge in [-0.25, -0.2) is 0 Å². The average molecular weight is 256 g/mol. The molecule has 1 saturated carbocycles. The fraction of sp³-hybridized carbons (Fsp3) is 0.538. The highest BCUT2D eigenvalue weighted by Crippen LogP contribution is 2.27. The summed E-state index contributed by atoms with van der Waals surface area (Å²) in [5.74, 6) is 1.33. The van der Waals surface area contributed by atoms with Crippen molar-refractivity contribution in [2.24, 2.45) is 5.92 Å². The summed E-state index contributed by atoms with van der Waals surface area (Å²) < 4.78 is 5.10. The van der Waals surface area contributed by atoms with E-state index >= 15 is 0 Å². The highest BCUT2D eigenvalue weighted by atomic mass is 35.5. The molecule has 0 aliphatic heterocycles. The van der Waals surface area contributed by atoms with Crippen LogP contribution >= 0.6 is 11.6 Å². The van der Waals surface area contributed by atoms with Crippen molar-refractivity contribution in [2.45, 2.75) is 25.5 Å². The van der Waals surface area contributed by atoms with Gasteiger partial charge in [0.2, 0.25) is 0 Å². The van der Waals surface area contributed by atoms with E-state index in [0.717, 1.165) is 31.5 Å². The first-order valence-corrected chi connectivity index (χ1v) is 6.28. The molecular formula is C13H18ClNO2. The topological polar surface area (TPSA) is 41.5 Å². The number of nitrogens with one attached hydrogen (secondary N) is 1. The van der Waals surface area contributed by atoms with Crippen LogP contribution in [-0.2, 0) is 6.54 Å². The number of halogens is 1. The minimum Gasteiger partial charge on any atom is -0.495 e. The van der Waals surface area contributed by atoms with Crippen LogP contribution in [0.4, 0.5) is 0 Å². The van der Waals surface area contributed by atoms with Crippen molar-refractivity contribution in [3.63, 3.8) is 0 Å². The first-order chi connectivity index (χ1) is 8.19. The quantitative estimate of drug-likeness (QED) is 0.848. The van der Waals surface area contributed by atoms with Gasteiger partial charge in [0.25, 0.3) is 0 Å². The predicted molar refractivity (Wildman–Crippen MR) is 68.4 cm³/mol. The molecule has 0 spiro atoms. The van der Waals surface area contributed by atoms with Gasteiger partial charge in [-0.1, -0.05) is 17.7 Å². The molecular weight excluding hydrogens is 238 g/mol. The second-order valence-electron chi connectivity index (χ2n) is 4.59. The lowest BCUT2D eigenvalue weighted by Crippen LogP contribution is -2.35. The Morgan fingerprint density at radius 1 is 1.47 bits per heavy atom. The second-order valence-corrected chi connectivity index (χ2v) is 5.00. The van der Waals surface area contributed by atoms with Gasteiger partial charge in [-0.15, -0.1) is 0 Å². The van der Waals surface area contributed by atoms with Crippen LogP contribution < -0.4 is 10.1 Å². The minimum absolute atomic E-state index is 0.0720. The molecule has 1 aliphatic carbocycles. The summed E-state index contributed by atoms with van der Waals surface area (Å²) in [7, 11) is 1.61. The molecule has 94 valence electrons. The van der Waals surface area contributed by atoms with E-state index in [1.165, 1.54) is 0 Å². The van der Waals surface area contributed by atoms with Crippen molar-refractivity contribution < 1.29 is 9.84 Å². The zero-order valence-electron chi connectivity index (χ0n) is 9.95. The number of aliphatic hydroxyl groups excluding tert-OH is 1. The molecule has 0 atom stereocenters. The Labute approximate surface area is 107 Å². The van der Waals surface area contributed by atoms with Crippen LogP contribution in [0.2, 0.25) is 5.02 Å². The van der Waals surface area contributed by atoms with E-state index in [1.54, 1.807) is 7.11 Å². The summed E-state index contributed by atoms with van der Waals surface area (Å²) in [5, 5.41) is 13.2. The number of rotatable bonds is 5. The van der Waals surface area contributed by atoms with Gasteiger partial charge >= 0.3 is 0 Å². The van der Waals surface area contributed by atoms with Crippen LogP contribution in [0.3, 0.4) is 0 Å². The maximum absolute atomic E-state index is 9.17. The lowest BCUT2D eigenvalue weighted by Gasteiger charge is -2.31. The summed E-state index contributed by atoms with van der Waals surface area (Å²) in [5.41, 5.74) is 1.15. The molecule has 1 aromatic rings. The van der Waals surface area contributed by atoms with Crippen molar-refractivity contribution >= 4 is 11.6 Å². The Morgan fingerprint density at radius 3 is 2.82 bits per heavy atom. The molecule has 1 aliphatic rings. The van der Waals surface area contributed by atoms with E-state index in [1.807, 2.05) is 18.2 Å². The van der Waals surface area contributed by atoms with E-state index in [2.05, 4.69) is 5.32 Å². The largest absolute Gasteiger partial charge is 0.495 e. The number of hydrogen-bond donors (Lipinski definition) is 2. The van der Waals surface area contributed by atoms with Gasteiger partial charge in [0.05, 0.1) is 18.2 Å². The first kappa shape index (κ1) is 12.7. The molecule has 0 bridgehead atoms. The Hall–Kier alpha value is -0.770.